The van der Waals surface area contributed by atoms with Gasteiger partial charge in [-0.2, -0.15) is 0 Å². The molecule has 15 heavy (non-hydrogen) atoms. The minimum Gasteiger partial charge on any atom is -0.296 e. The van der Waals surface area contributed by atoms with Crippen molar-refractivity contribution in [2.24, 2.45) is 0 Å². The minimum absolute atomic E-state index is 0.268. The van der Waals surface area contributed by atoms with Gasteiger partial charge >= 0.3 is 0 Å². The molecule has 1 rings (SSSR count). The number of halogens is 2. The third kappa shape index (κ3) is 4.26. The van der Waals surface area contributed by atoms with Crippen molar-refractivity contribution in [1.82, 2.24) is 9.88 Å². The van der Waals surface area contributed by atoms with Gasteiger partial charge in [-0.3, -0.25) is 9.88 Å². The Bertz CT molecular complexity index is 304. The zero-order valence-electron chi connectivity index (χ0n) is 9.08. The molecule has 0 N–H and O–H groups in total. The summed E-state index contributed by atoms with van der Waals surface area (Å²) in [4.78, 5) is 6.11. The van der Waals surface area contributed by atoms with Crippen LogP contribution in [-0.2, 0) is 6.54 Å². The van der Waals surface area contributed by atoms with Crippen molar-refractivity contribution in [3.05, 3.63) is 29.8 Å². The summed E-state index contributed by atoms with van der Waals surface area (Å²) in [6.45, 7) is 5.97. The normalized spacial score (nSPS) is 11.3. The lowest BCUT2D eigenvalue weighted by Crippen LogP contribution is -2.32. The molecule has 1 aromatic heterocycles. The number of rotatable bonds is 5. The lowest BCUT2D eigenvalue weighted by atomic mass is 10.2. The summed E-state index contributed by atoms with van der Waals surface area (Å²) < 4.78 is 12.9. The quantitative estimate of drug-likeness (QED) is 0.768. The van der Waals surface area contributed by atoms with Crippen LogP contribution in [0.15, 0.2) is 18.5 Å². The fourth-order valence-corrected chi connectivity index (χ4v) is 1.86. The molecule has 0 aliphatic rings. The number of pyridine rings is 1. The summed E-state index contributed by atoms with van der Waals surface area (Å²) in [5, 5.41) is 0.925. The lowest BCUT2D eigenvalue weighted by Gasteiger charge is -2.25. The van der Waals surface area contributed by atoms with E-state index in [9.17, 15) is 4.39 Å². The Morgan fingerprint density at radius 2 is 2.20 bits per heavy atom. The molecular weight excluding hydrogens is 259 g/mol. The molecule has 1 aromatic rings. The molecule has 1 heterocycles. The van der Waals surface area contributed by atoms with Crippen LogP contribution in [0.4, 0.5) is 4.39 Å². The summed E-state index contributed by atoms with van der Waals surface area (Å²) in [5.74, 6) is -0.268. The molecule has 0 fully saturated rings. The largest absolute Gasteiger partial charge is 0.296 e. The molecule has 0 saturated heterocycles. The Kier molecular flexibility index (Phi) is 5.19. The van der Waals surface area contributed by atoms with Crippen LogP contribution in [0.5, 0.6) is 0 Å². The number of aromatic nitrogens is 1. The Morgan fingerprint density at radius 1 is 1.47 bits per heavy atom. The first kappa shape index (κ1) is 12.6. The van der Waals surface area contributed by atoms with Crippen LogP contribution >= 0.6 is 15.9 Å². The second-order valence-electron chi connectivity index (χ2n) is 3.76. The molecule has 0 saturated carbocycles. The van der Waals surface area contributed by atoms with Crippen molar-refractivity contribution >= 4 is 15.9 Å². The molecule has 4 heteroatoms. The molecule has 84 valence electrons. The average molecular weight is 275 g/mol. The van der Waals surface area contributed by atoms with E-state index in [1.807, 2.05) is 0 Å². The molecule has 2 nitrogen and oxygen atoms in total. The highest BCUT2D eigenvalue weighted by molar-refractivity contribution is 9.09. The van der Waals surface area contributed by atoms with Gasteiger partial charge in [0, 0.05) is 30.7 Å². The molecule has 0 unspecified atom stereocenters. The van der Waals surface area contributed by atoms with Crippen LogP contribution in [0, 0.1) is 5.82 Å². The first-order valence-corrected chi connectivity index (χ1v) is 6.15. The molecular formula is C11H16BrFN2. The van der Waals surface area contributed by atoms with Gasteiger partial charge < -0.3 is 0 Å². The highest BCUT2D eigenvalue weighted by atomic mass is 79.9. The van der Waals surface area contributed by atoms with E-state index in [2.05, 4.69) is 39.7 Å². The van der Waals surface area contributed by atoms with Gasteiger partial charge in [-0.15, -0.1) is 0 Å². The van der Waals surface area contributed by atoms with Gasteiger partial charge in [0.1, 0.15) is 5.82 Å². The molecule has 0 spiro atoms. The maximum atomic E-state index is 12.9. The topological polar surface area (TPSA) is 16.1 Å². The Balaban J connectivity index is 2.65. The van der Waals surface area contributed by atoms with Crippen molar-refractivity contribution in [3.8, 4) is 0 Å². The van der Waals surface area contributed by atoms with Crippen LogP contribution in [0.2, 0.25) is 0 Å². The molecule has 0 bridgehead atoms. The van der Waals surface area contributed by atoms with Crippen LogP contribution in [0.3, 0.4) is 0 Å². The first-order valence-electron chi connectivity index (χ1n) is 5.03. The van der Waals surface area contributed by atoms with Gasteiger partial charge in [0.05, 0.1) is 6.20 Å². The number of hydrogen-bond acceptors (Lipinski definition) is 2. The van der Waals surface area contributed by atoms with E-state index in [1.54, 1.807) is 6.20 Å². The van der Waals surface area contributed by atoms with E-state index in [0.717, 1.165) is 24.0 Å². The van der Waals surface area contributed by atoms with Gasteiger partial charge in [-0.05, 0) is 25.5 Å². The Hall–Kier alpha value is -0.480. The zero-order valence-corrected chi connectivity index (χ0v) is 10.7. The molecule has 0 atom stereocenters. The summed E-state index contributed by atoms with van der Waals surface area (Å²) in [6.07, 6.45) is 2.94. The molecule has 0 amide bonds. The van der Waals surface area contributed by atoms with E-state index in [0.29, 0.717) is 6.04 Å². The van der Waals surface area contributed by atoms with Gasteiger partial charge in [0.15, 0.2) is 0 Å². The molecule has 0 radical (unpaired) electrons. The van der Waals surface area contributed by atoms with Gasteiger partial charge in [0.2, 0.25) is 0 Å². The third-order valence-electron chi connectivity index (χ3n) is 2.25. The maximum Gasteiger partial charge on any atom is 0.141 e. The van der Waals surface area contributed by atoms with Crippen molar-refractivity contribution in [2.75, 3.05) is 11.9 Å². The number of nitrogens with zero attached hydrogens (tertiary/aromatic N) is 2. The predicted octanol–water partition coefficient (Wildman–Crippen LogP) is 2.83. The van der Waals surface area contributed by atoms with Gasteiger partial charge in [-0.25, -0.2) is 4.39 Å². The Labute approximate surface area is 98.6 Å². The molecule has 0 aromatic carbocycles. The zero-order chi connectivity index (χ0) is 11.3. The van der Waals surface area contributed by atoms with Crippen LogP contribution in [0.25, 0.3) is 0 Å². The maximum absolute atomic E-state index is 12.9. The van der Waals surface area contributed by atoms with Crippen LogP contribution in [-0.4, -0.2) is 27.8 Å². The van der Waals surface area contributed by atoms with Gasteiger partial charge in [0.25, 0.3) is 0 Å². The number of alkyl halides is 1. The fourth-order valence-electron chi connectivity index (χ4n) is 1.41. The molecule has 0 aliphatic carbocycles. The van der Waals surface area contributed by atoms with E-state index in [-0.39, 0.29) is 5.82 Å². The minimum atomic E-state index is -0.268. The van der Waals surface area contributed by atoms with Crippen LogP contribution < -0.4 is 0 Å². The van der Waals surface area contributed by atoms with Crippen molar-refractivity contribution in [2.45, 2.75) is 26.4 Å². The summed E-state index contributed by atoms with van der Waals surface area (Å²) >= 11 is 3.41. The standard InChI is InChI=1S/C11H16BrFN2/c1-9(2)15(4-3-12)8-10-5-11(13)7-14-6-10/h5-7,9H,3-4,8H2,1-2H3. The average Bonchev–Trinajstić information content (AvgIpc) is 2.17. The van der Waals surface area contributed by atoms with E-state index in [4.69, 9.17) is 0 Å². The highest BCUT2D eigenvalue weighted by Gasteiger charge is 2.09. The monoisotopic (exact) mass is 274 g/mol. The van der Waals surface area contributed by atoms with E-state index < -0.39 is 0 Å². The lowest BCUT2D eigenvalue weighted by molar-refractivity contribution is 0.227. The third-order valence-corrected chi connectivity index (χ3v) is 2.60. The Morgan fingerprint density at radius 3 is 2.73 bits per heavy atom. The summed E-state index contributed by atoms with van der Waals surface area (Å²) in [7, 11) is 0. The summed E-state index contributed by atoms with van der Waals surface area (Å²) in [5.41, 5.74) is 0.921. The molecule has 0 aliphatic heterocycles. The highest BCUT2D eigenvalue weighted by Crippen LogP contribution is 2.08. The smallest absolute Gasteiger partial charge is 0.141 e. The predicted molar refractivity (Wildman–Crippen MR) is 63.5 cm³/mol. The van der Waals surface area contributed by atoms with Crippen molar-refractivity contribution in [1.29, 1.82) is 0 Å². The van der Waals surface area contributed by atoms with Gasteiger partial charge in [-0.1, -0.05) is 15.9 Å². The van der Waals surface area contributed by atoms with E-state index in [1.165, 1.54) is 12.3 Å². The first-order chi connectivity index (χ1) is 7.13. The second kappa shape index (κ2) is 6.18. The van der Waals surface area contributed by atoms with Crippen molar-refractivity contribution in [3.63, 3.8) is 0 Å². The van der Waals surface area contributed by atoms with E-state index >= 15 is 0 Å². The number of hydrogen-bond donors (Lipinski definition) is 0. The fraction of sp³-hybridized carbons (Fsp3) is 0.545. The SMILES string of the molecule is CC(C)N(CCBr)Cc1cncc(F)c1. The summed E-state index contributed by atoms with van der Waals surface area (Å²) in [6, 6.07) is 1.99. The van der Waals surface area contributed by atoms with Crippen LogP contribution in [0.1, 0.15) is 19.4 Å². The van der Waals surface area contributed by atoms with Crippen molar-refractivity contribution < 1.29 is 4.39 Å². The second-order valence-corrected chi connectivity index (χ2v) is 4.56.